The third kappa shape index (κ3) is 2.99. The molecule has 2 saturated heterocycles. The van der Waals surface area contributed by atoms with Crippen molar-refractivity contribution in [2.75, 3.05) is 19.6 Å². The average Bonchev–Trinajstić information content (AvgIpc) is 2.80. The Balaban J connectivity index is 1.66. The van der Waals surface area contributed by atoms with Crippen LogP contribution in [0.4, 0.5) is 13.2 Å². The predicted octanol–water partition coefficient (Wildman–Crippen LogP) is 2.89. The average molecular weight is 284 g/mol. The zero-order chi connectivity index (χ0) is 14.2. The Kier molecular flexibility index (Phi) is 3.73. The van der Waals surface area contributed by atoms with Crippen molar-refractivity contribution in [3.8, 4) is 0 Å². The van der Waals surface area contributed by atoms with Gasteiger partial charge in [0.05, 0.1) is 5.56 Å². The summed E-state index contributed by atoms with van der Waals surface area (Å²) in [7, 11) is 0. The van der Waals surface area contributed by atoms with E-state index < -0.39 is 11.7 Å². The highest BCUT2D eigenvalue weighted by Gasteiger charge is 2.34. The summed E-state index contributed by atoms with van der Waals surface area (Å²) >= 11 is 0. The van der Waals surface area contributed by atoms with Gasteiger partial charge in [-0.1, -0.05) is 18.2 Å². The third-order valence-corrected chi connectivity index (χ3v) is 4.34. The Labute approximate surface area is 117 Å². The maximum Gasteiger partial charge on any atom is 0.416 e. The van der Waals surface area contributed by atoms with Gasteiger partial charge in [-0.15, -0.1) is 0 Å². The van der Waals surface area contributed by atoms with Crippen LogP contribution in [0.1, 0.15) is 24.0 Å². The van der Waals surface area contributed by atoms with Crippen molar-refractivity contribution in [1.82, 2.24) is 10.2 Å². The van der Waals surface area contributed by atoms with Gasteiger partial charge < -0.3 is 5.32 Å². The van der Waals surface area contributed by atoms with Gasteiger partial charge in [-0.2, -0.15) is 13.2 Å². The topological polar surface area (TPSA) is 15.3 Å². The van der Waals surface area contributed by atoms with Crippen LogP contribution in [0.3, 0.4) is 0 Å². The summed E-state index contributed by atoms with van der Waals surface area (Å²) in [5.41, 5.74) is 0.197. The molecule has 2 atom stereocenters. The van der Waals surface area contributed by atoms with E-state index in [1.165, 1.54) is 25.0 Å². The minimum atomic E-state index is -4.25. The normalized spacial score (nSPS) is 27.6. The number of hydrogen-bond acceptors (Lipinski definition) is 2. The molecule has 2 aliphatic heterocycles. The molecule has 110 valence electrons. The number of nitrogens with zero attached hydrogens (tertiary/aromatic N) is 1. The fourth-order valence-corrected chi connectivity index (χ4v) is 3.37. The zero-order valence-electron chi connectivity index (χ0n) is 11.3. The largest absolute Gasteiger partial charge is 0.416 e. The van der Waals surface area contributed by atoms with Crippen molar-refractivity contribution in [3.63, 3.8) is 0 Å². The van der Waals surface area contributed by atoms with E-state index in [1.807, 2.05) is 0 Å². The summed E-state index contributed by atoms with van der Waals surface area (Å²) in [5.74, 6) is 0.662. The molecule has 0 amide bonds. The molecule has 1 aromatic carbocycles. The Bertz CT molecular complexity index is 458. The minimum absolute atomic E-state index is 0.523. The van der Waals surface area contributed by atoms with Gasteiger partial charge >= 0.3 is 6.18 Å². The predicted molar refractivity (Wildman–Crippen MR) is 71.2 cm³/mol. The number of rotatable bonds is 2. The lowest BCUT2D eigenvalue weighted by Gasteiger charge is -2.24. The second kappa shape index (κ2) is 5.37. The highest BCUT2D eigenvalue weighted by molar-refractivity contribution is 5.25. The van der Waals surface area contributed by atoms with E-state index in [1.54, 1.807) is 6.07 Å². The Morgan fingerprint density at radius 1 is 1.25 bits per heavy atom. The van der Waals surface area contributed by atoms with E-state index >= 15 is 0 Å². The molecule has 5 heteroatoms. The van der Waals surface area contributed by atoms with Crippen LogP contribution in [0, 0.1) is 5.92 Å². The third-order valence-electron chi connectivity index (χ3n) is 4.34. The van der Waals surface area contributed by atoms with E-state index in [2.05, 4.69) is 10.2 Å². The zero-order valence-corrected chi connectivity index (χ0v) is 11.3. The molecule has 2 unspecified atom stereocenters. The Morgan fingerprint density at radius 2 is 2.10 bits per heavy atom. The number of alkyl halides is 3. The number of hydrogen-bond donors (Lipinski definition) is 1. The Morgan fingerprint density at radius 3 is 2.85 bits per heavy atom. The molecular formula is C15H19F3N2. The number of piperidine rings is 1. The quantitative estimate of drug-likeness (QED) is 0.898. The fourth-order valence-electron chi connectivity index (χ4n) is 3.37. The van der Waals surface area contributed by atoms with Crippen LogP contribution >= 0.6 is 0 Å². The Hall–Kier alpha value is -1.07. The number of likely N-dealkylation sites (tertiary alicyclic amines) is 1. The first kappa shape index (κ1) is 13.9. The molecule has 0 radical (unpaired) electrons. The van der Waals surface area contributed by atoms with Crippen LogP contribution in [-0.4, -0.2) is 30.6 Å². The van der Waals surface area contributed by atoms with Gasteiger partial charge in [-0.3, -0.25) is 4.90 Å². The van der Waals surface area contributed by atoms with Crippen LogP contribution in [0.2, 0.25) is 0 Å². The van der Waals surface area contributed by atoms with Gasteiger partial charge in [0.1, 0.15) is 0 Å². The molecule has 0 bridgehead atoms. The molecule has 20 heavy (non-hydrogen) atoms. The first-order valence-corrected chi connectivity index (χ1v) is 7.14. The van der Waals surface area contributed by atoms with E-state index in [-0.39, 0.29) is 0 Å². The fraction of sp³-hybridized carbons (Fsp3) is 0.600. The molecule has 2 fully saturated rings. The van der Waals surface area contributed by atoms with E-state index in [0.717, 1.165) is 31.3 Å². The molecule has 0 saturated carbocycles. The molecular weight excluding hydrogens is 265 g/mol. The van der Waals surface area contributed by atoms with Crippen molar-refractivity contribution in [2.45, 2.75) is 31.6 Å². The van der Waals surface area contributed by atoms with Crippen LogP contribution in [0.5, 0.6) is 0 Å². The maximum absolute atomic E-state index is 12.7. The van der Waals surface area contributed by atoms with Crippen LogP contribution < -0.4 is 5.32 Å². The number of halogens is 3. The number of fused-ring (bicyclic) bond motifs is 1. The van der Waals surface area contributed by atoms with Crippen LogP contribution in [0.25, 0.3) is 0 Å². The minimum Gasteiger partial charge on any atom is -0.312 e. The van der Waals surface area contributed by atoms with Gasteiger partial charge in [0.25, 0.3) is 0 Å². The second-order valence-electron chi connectivity index (χ2n) is 5.86. The van der Waals surface area contributed by atoms with E-state index in [0.29, 0.717) is 18.5 Å². The summed E-state index contributed by atoms with van der Waals surface area (Å²) in [5, 5.41) is 3.51. The summed E-state index contributed by atoms with van der Waals surface area (Å²) in [4.78, 5) is 2.27. The molecule has 2 nitrogen and oxygen atoms in total. The molecule has 1 N–H and O–H groups in total. The summed E-state index contributed by atoms with van der Waals surface area (Å²) in [6.45, 7) is 3.62. The highest BCUT2D eigenvalue weighted by atomic mass is 19.4. The van der Waals surface area contributed by atoms with Crippen molar-refractivity contribution >= 4 is 0 Å². The molecule has 3 rings (SSSR count). The van der Waals surface area contributed by atoms with Gasteiger partial charge in [-0.05, 0) is 36.9 Å². The van der Waals surface area contributed by atoms with E-state index in [4.69, 9.17) is 0 Å². The van der Waals surface area contributed by atoms with Crippen LogP contribution in [0.15, 0.2) is 24.3 Å². The lowest BCUT2D eigenvalue weighted by Crippen LogP contribution is -2.40. The van der Waals surface area contributed by atoms with E-state index in [9.17, 15) is 13.2 Å². The van der Waals surface area contributed by atoms with Gasteiger partial charge in [0, 0.05) is 25.7 Å². The van der Waals surface area contributed by atoms with Gasteiger partial charge in [-0.25, -0.2) is 0 Å². The highest BCUT2D eigenvalue weighted by Crippen LogP contribution is 2.31. The SMILES string of the molecule is FC(F)(F)c1cccc(CN2CC3CCCNC3C2)c1. The molecule has 1 aromatic rings. The molecule has 0 spiro atoms. The lowest BCUT2D eigenvalue weighted by atomic mass is 9.94. The van der Waals surface area contributed by atoms with Crippen LogP contribution in [-0.2, 0) is 12.7 Å². The summed E-state index contributed by atoms with van der Waals surface area (Å²) < 4.78 is 38.1. The van der Waals surface area contributed by atoms with Gasteiger partial charge in [0.15, 0.2) is 0 Å². The number of nitrogens with one attached hydrogen (secondary N) is 1. The lowest BCUT2D eigenvalue weighted by molar-refractivity contribution is -0.137. The first-order valence-electron chi connectivity index (χ1n) is 7.14. The summed E-state index contributed by atoms with van der Waals surface area (Å²) in [6.07, 6.45) is -1.81. The second-order valence-corrected chi connectivity index (χ2v) is 5.86. The molecule has 0 aromatic heterocycles. The van der Waals surface area contributed by atoms with Crippen molar-refractivity contribution in [2.24, 2.45) is 5.92 Å². The van der Waals surface area contributed by atoms with Crippen molar-refractivity contribution in [1.29, 1.82) is 0 Å². The molecule has 0 aliphatic carbocycles. The van der Waals surface area contributed by atoms with Crippen molar-refractivity contribution in [3.05, 3.63) is 35.4 Å². The molecule has 2 heterocycles. The smallest absolute Gasteiger partial charge is 0.312 e. The molecule has 2 aliphatic rings. The van der Waals surface area contributed by atoms with Gasteiger partial charge in [0.2, 0.25) is 0 Å². The maximum atomic E-state index is 12.7. The number of benzene rings is 1. The summed E-state index contributed by atoms with van der Waals surface area (Å²) in [6, 6.07) is 6.21. The van der Waals surface area contributed by atoms with Crippen molar-refractivity contribution < 1.29 is 13.2 Å². The monoisotopic (exact) mass is 284 g/mol. The standard InChI is InChI=1S/C15H19F3N2/c16-15(17,18)13-5-1-3-11(7-13)8-20-9-12-4-2-6-19-14(12)10-20/h1,3,5,7,12,14,19H,2,4,6,8-10H2. The first-order chi connectivity index (χ1) is 9.52.